The molecular weight excluding hydrogens is 254 g/mol. The van der Waals surface area contributed by atoms with Crippen molar-refractivity contribution in [3.05, 3.63) is 27.4 Å². The lowest BCUT2D eigenvalue weighted by atomic mass is 10.0. The Kier molecular flexibility index (Phi) is 3.63. The third-order valence-electron chi connectivity index (χ3n) is 2.65. The summed E-state index contributed by atoms with van der Waals surface area (Å²) in [6, 6.07) is 0. The molecule has 2 aromatic rings. The van der Waals surface area contributed by atoms with Crippen molar-refractivity contribution < 1.29 is 10.0 Å². The summed E-state index contributed by atoms with van der Waals surface area (Å²) in [5.74, 6) is 0.317. The molecule has 0 aliphatic carbocycles. The maximum absolute atomic E-state index is 11.1. The molecule has 0 saturated heterocycles. The van der Waals surface area contributed by atoms with Crippen molar-refractivity contribution in [1.29, 1.82) is 0 Å². The summed E-state index contributed by atoms with van der Waals surface area (Å²) in [5.41, 5.74) is 0.361. The first-order valence-electron chi connectivity index (χ1n) is 5.76. The Hall–Kier alpha value is -1.47. The number of aromatic nitrogens is 2. The summed E-state index contributed by atoms with van der Waals surface area (Å²) in [6.07, 6.45) is 1.88. The largest absolute Gasteiger partial charge is 0.393 e. The summed E-state index contributed by atoms with van der Waals surface area (Å²) in [5, 5.41) is 22.7. The lowest BCUT2D eigenvalue weighted by Crippen LogP contribution is -2.14. The van der Waals surface area contributed by atoms with Gasteiger partial charge in [-0.15, -0.1) is 0 Å². The van der Waals surface area contributed by atoms with Gasteiger partial charge in [0.1, 0.15) is 11.9 Å². The second kappa shape index (κ2) is 5.03. The molecule has 7 heteroatoms. The minimum Gasteiger partial charge on any atom is -0.393 e. The number of nitro groups is 1. The molecule has 2 rings (SSSR count). The monoisotopic (exact) mass is 269 g/mol. The fourth-order valence-corrected chi connectivity index (χ4v) is 2.73. The van der Waals surface area contributed by atoms with Gasteiger partial charge in [0.25, 0.3) is 4.96 Å². The van der Waals surface area contributed by atoms with Gasteiger partial charge in [-0.1, -0.05) is 25.2 Å². The van der Waals surface area contributed by atoms with Crippen molar-refractivity contribution in [3.63, 3.8) is 0 Å². The van der Waals surface area contributed by atoms with Crippen LogP contribution in [-0.2, 0) is 6.42 Å². The highest BCUT2D eigenvalue weighted by Crippen LogP contribution is 2.25. The van der Waals surface area contributed by atoms with Crippen LogP contribution in [0.5, 0.6) is 0 Å². The molecule has 18 heavy (non-hydrogen) atoms. The van der Waals surface area contributed by atoms with Crippen LogP contribution in [0.4, 0.5) is 5.82 Å². The average molecular weight is 269 g/mol. The molecule has 0 aliphatic rings. The molecule has 1 unspecified atom stereocenters. The molecule has 0 amide bonds. The van der Waals surface area contributed by atoms with Crippen LogP contribution in [0.15, 0.2) is 11.6 Å². The second-order valence-corrected chi connectivity index (χ2v) is 5.56. The lowest BCUT2D eigenvalue weighted by Gasteiger charge is -2.11. The molecule has 2 heterocycles. The normalized spacial score (nSPS) is 13.3. The SMILES string of the molecule is CC(C)CC(O)Cc1nc2sccn2c1[N+](=O)[O-]. The van der Waals surface area contributed by atoms with E-state index >= 15 is 0 Å². The molecule has 6 nitrogen and oxygen atoms in total. The highest BCUT2D eigenvalue weighted by atomic mass is 32.1. The van der Waals surface area contributed by atoms with Crippen molar-refractivity contribution in [2.45, 2.75) is 32.8 Å². The van der Waals surface area contributed by atoms with Gasteiger partial charge in [0, 0.05) is 11.8 Å². The molecule has 0 spiro atoms. The van der Waals surface area contributed by atoms with Crippen molar-refractivity contribution in [2.75, 3.05) is 0 Å². The topological polar surface area (TPSA) is 80.7 Å². The van der Waals surface area contributed by atoms with Crippen LogP contribution in [0, 0.1) is 16.0 Å². The third kappa shape index (κ3) is 2.51. The Labute approximate surface area is 108 Å². The molecule has 0 aromatic carbocycles. The van der Waals surface area contributed by atoms with Gasteiger partial charge >= 0.3 is 5.82 Å². The van der Waals surface area contributed by atoms with E-state index < -0.39 is 11.0 Å². The van der Waals surface area contributed by atoms with E-state index in [0.29, 0.717) is 23.0 Å². The summed E-state index contributed by atoms with van der Waals surface area (Å²) >= 11 is 1.35. The number of fused-ring (bicyclic) bond motifs is 1. The minimum absolute atomic E-state index is 0.0333. The first-order chi connectivity index (χ1) is 8.49. The number of nitrogens with zero attached hydrogens (tertiary/aromatic N) is 3. The Morgan fingerprint density at radius 1 is 1.61 bits per heavy atom. The smallest absolute Gasteiger partial charge is 0.351 e. The van der Waals surface area contributed by atoms with E-state index in [9.17, 15) is 15.2 Å². The Bertz CT molecular complexity index is 561. The van der Waals surface area contributed by atoms with Gasteiger partial charge in [0.05, 0.1) is 6.10 Å². The maximum atomic E-state index is 11.1. The minimum atomic E-state index is -0.590. The Morgan fingerprint density at radius 2 is 2.33 bits per heavy atom. The zero-order valence-electron chi connectivity index (χ0n) is 10.2. The molecule has 0 saturated carbocycles. The van der Waals surface area contributed by atoms with Crippen molar-refractivity contribution in [1.82, 2.24) is 9.38 Å². The van der Waals surface area contributed by atoms with E-state index in [4.69, 9.17) is 0 Å². The molecule has 0 bridgehead atoms. The number of hydrogen-bond acceptors (Lipinski definition) is 5. The van der Waals surface area contributed by atoms with Gasteiger partial charge in [-0.3, -0.25) is 0 Å². The van der Waals surface area contributed by atoms with Crippen LogP contribution in [0.3, 0.4) is 0 Å². The van der Waals surface area contributed by atoms with Crippen LogP contribution < -0.4 is 0 Å². The predicted molar refractivity (Wildman–Crippen MR) is 68.9 cm³/mol. The average Bonchev–Trinajstić information content (AvgIpc) is 2.74. The van der Waals surface area contributed by atoms with E-state index in [0.717, 1.165) is 0 Å². The zero-order valence-corrected chi connectivity index (χ0v) is 11.1. The molecular formula is C11H15N3O3S. The highest BCUT2D eigenvalue weighted by molar-refractivity contribution is 7.15. The van der Waals surface area contributed by atoms with Gasteiger partial charge in [0.2, 0.25) is 0 Å². The summed E-state index contributed by atoms with van der Waals surface area (Å²) in [7, 11) is 0. The first kappa shape index (κ1) is 13.0. The Balaban J connectivity index is 2.29. The van der Waals surface area contributed by atoms with Gasteiger partial charge in [0.15, 0.2) is 0 Å². The number of thiazole rings is 1. The highest BCUT2D eigenvalue weighted by Gasteiger charge is 2.25. The van der Waals surface area contributed by atoms with E-state index in [1.165, 1.54) is 15.7 Å². The van der Waals surface area contributed by atoms with E-state index in [1.807, 2.05) is 13.8 Å². The molecule has 2 aromatic heterocycles. The van der Waals surface area contributed by atoms with Gasteiger partial charge in [-0.2, -0.15) is 9.38 Å². The Morgan fingerprint density at radius 3 is 2.94 bits per heavy atom. The van der Waals surface area contributed by atoms with Crippen molar-refractivity contribution >= 4 is 22.1 Å². The van der Waals surface area contributed by atoms with Crippen LogP contribution in [0.1, 0.15) is 26.0 Å². The fraction of sp³-hybridized carbons (Fsp3) is 0.545. The van der Waals surface area contributed by atoms with Gasteiger partial charge in [-0.25, -0.2) is 0 Å². The summed E-state index contributed by atoms with van der Waals surface area (Å²) in [6.45, 7) is 4.01. The molecule has 1 atom stereocenters. The summed E-state index contributed by atoms with van der Waals surface area (Å²) in [4.78, 5) is 15.4. The quantitative estimate of drug-likeness (QED) is 0.666. The first-order valence-corrected chi connectivity index (χ1v) is 6.64. The number of hydrogen-bond donors (Lipinski definition) is 1. The number of aliphatic hydroxyl groups is 1. The van der Waals surface area contributed by atoms with Crippen LogP contribution in [0.25, 0.3) is 4.96 Å². The summed E-state index contributed by atoms with van der Waals surface area (Å²) < 4.78 is 1.46. The number of rotatable bonds is 5. The standard InChI is InChI=1S/C11H15N3O3S/c1-7(2)5-8(15)6-9-10(14(16)17)13-3-4-18-11(13)12-9/h3-4,7-8,15H,5-6H2,1-2H3. The fourth-order valence-electron chi connectivity index (χ4n) is 2.00. The van der Waals surface area contributed by atoms with Gasteiger partial charge in [-0.05, 0) is 17.3 Å². The van der Waals surface area contributed by atoms with Crippen molar-refractivity contribution in [2.24, 2.45) is 5.92 Å². The van der Waals surface area contributed by atoms with Crippen LogP contribution in [-0.4, -0.2) is 25.5 Å². The van der Waals surface area contributed by atoms with Gasteiger partial charge < -0.3 is 15.2 Å². The van der Waals surface area contributed by atoms with E-state index in [-0.39, 0.29) is 12.2 Å². The zero-order chi connectivity index (χ0) is 13.3. The number of imidazole rings is 1. The van der Waals surface area contributed by atoms with E-state index in [2.05, 4.69) is 4.98 Å². The van der Waals surface area contributed by atoms with E-state index in [1.54, 1.807) is 11.6 Å². The molecule has 0 radical (unpaired) electrons. The van der Waals surface area contributed by atoms with Crippen LogP contribution in [0.2, 0.25) is 0 Å². The molecule has 1 N–H and O–H groups in total. The molecule has 0 aliphatic heterocycles. The molecule has 98 valence electrons. The van der Waals surface area contributed by atoms with Crippen molar-refractivity contribution in [3.8, 4) is 0 Å². The van der Waals surface area contributed by atoms with Crippen LogP contribution >= 0.6 is 11.3 Å². The second-order valence-electron chi connectivity index (χ2n) is 4.68. The maximum Gasteiger partial charge on any atom is 0.351 e. The predicted octanol–water partition coefficient (Wildman–Crippen LogP) is 2.25. The lowest BCUT2D eigenvalue weighted by molar-refractivity contribution is -0.391. The third-order valence-corrected chi connectivity index (χ3v) is 3.41. The number of aliphatic hydroxyl groups excluding tert-OH is 1. The molecule has 0 fully saturated rings.